The van der Waals surface area contributed by atoms with Gasteiger partial charge in [-0.3, -0.25) is 9.69 Å². The van der Waals surface area contributed by atoms with Crippen LogP contribution < -0.4 is 4.74 Å². The molecule has 3 aromatic rings. The molecule has 2 aromatic carbocycles. The van der Waals surface area contributed by atoms with Gasteiger partial charge in [0.2, 0.25) is 5.82 Å². The van der Waals surface area contributed by atoms with Gasteiger partial charge in [0.1, 0.15) is 17.6 Å². The number of carbonyl (C=O) groups is 1. The van der Waals surface area contributed by atoms with Gasteiger partial charge in [-0.1, -0.05) is 23.4 Å². The highest BCUT2D eigenvalue weighted by Crippen LogP contribution is 2.43. The molecule has 7 nitrogen and oxygen atoms in total. The van der Waals surface area contributed by atoms with Crippen molar-refractivity contribution in [2.75, 3.05) is 13.1 Å². The van der Waals surface area contributed by atoms with Gasteiger partial charge in [0.25, 0.3) is 5.89 Å². The fraction of sp³-hybridized carbons (Fsp3) is 0.385. The molecule has 0 radical (unpaired) electrons. The van der Waals surface area contributed by atoms with Gasteiger partial charge >= 0.3 is 0 Å². The van der Waals surface area contributed by atoms with E-state index in [1.54, 1.807) is 19.1 Å². The van der Waals surface area contributed by atoms with Gasteiger partial charge in [-0.15, -0.1) is 0 Å². The van der Waals surface area contributed by atoms with Crippen LogP contribution in [0.4, 0.5) is 0 Å². The third kappa shape index (κ3) is 3.91. The first kappa shape index (κ1) is 21.4. The van der Waals surface area contributed by atoms with Crippen molar-refractivity contribution in [3.63, 3.8) is 0 Å². The molecule has 1 fully saturated rings. The number of aromatic nitrogens is 2. The van der Waals surface area contributed by atoms with E-state index in [9.17, 15) is 10.1 Å². The third-order valence-electron chi connectivity index (χ3n) is 6.54. The molecule has 1 aliphatic carbocycles. The summed E-state index contributed by atoms with van der Waals surface area (Å²) in [5, 5.41) is 13.8. The Kier molecular flexibility index (Phi) is 5.47. The van der Waals surface area contributed by atoms with Gasteiger partial charge in [-0.05, 0) is 62.9 Å². The Morgan fingerprint density at radius 2 is 2.09 bits per heavy atom. The first-order valence-corrected chi connectivity index (χ1v) is 11.4. The van der Waals surface area contributed by atoms with Crippen LogP contribution in [0.2, 0.25) is 0 Å². The van der Waals surface area contributed by atoms with Crippen LogP contribution in [0, 0.1) is 17.2 Å². The molecule has 1 aliphatic heterocycles. The van der Waals surface area contributed by atoms with Crippen LogP contribution in [-0.2, 0) is 11.2 Å². The lowest BCUT2D eigenvalue weighted by Gasteiger charge is -2.42. The van der Waals surface area contributed by atoms with Crippen molar-refractivity contribution in [2.45, 2.75) is 45.8 Å². The second kappa shape index (κ2) is 8.45. The Bertz CT molecular complexity index is 1250. The maximum absolute atomic E-state index is 11.6. The van der Waals surface area contributed by atoms with Crippen molar-refractivity contribution in [1.29, 1.82) is 5.26 Å². The number of ketones is 1. The lowest BCUT2D eigenvalue weighted by Crippen LogP contribution is -2.50. The largest absolute Gasteiger partial charge is 0.490 e. The fourth-order valence-electron chi connectivity index (χ4n) is 4.80. The molecule has 5 rings (SSSR count). The fourth-order valence-corrected chi connectivity index (χ4v) is 4.80. The van der Waals surface area contributed by atoms with Crippen molar-refractivity contribution in [3.05, 3.63) is 53.1 Å². The lowest BCUT2D eigenvalue weighted by atomic mass is 9.92. The number of ether oxygens (including phenoxy) is 1. The maximum Gasteiger partial charge on any atom is 0.258 e. The molecule has 1 aromatic heterocycles. The molecule has 0 unspecified atom stereocenters. The Labute approximate surface area is 193 Å². The molecule has 0 spiro atoms. The maximum atomic E-state index is 11.6. The predicted octanol–water partition coefficient (Wildman–Crippen LogP) is 4.57. The zero-order chi connectivity index (χ0) is 23.1. The van der Waals surface area contributed by atoms with E-state index in [0.717, 1.165) is 31.5 Å². The SMILES string of the molecule is CC(=O)C1CN([C@@H]2CCc3c(-c4noc(-c5ccc(OC(C)C)c(C#N)c5)n4)cccc32)C1. The Morgan fingerprint density at radius 3 is 2.82 bits per heavy atom. The summed E-state index contributed by atoms with van der Waals surface area (Å²) in [6.07, 6.45) is 1.96. The molecule has 168 valence electrons. The number of benzene rings is 2. The molecule has 2 aliphatic rings. The minimum Gasteiger partial charge on any atom is -0.490 e. The molecule has 1 atom stereocenters. The molecular weight excluding hydrogens is 416 g/mol. The molecule has 1 saturated heterocycles. The highest BCUT2D eigenvalue weighted by Gasteiger charge is 2.38. The number of carbonyl (C=O) groups excluding carboxylic acids is 1. The van der Waals surface area contributed by atoms with Gasteiger partial charge in [0.15, 0.2) is 0 Å². The minimum atomic E-state index is -0.0217. The van der Waals surface area contributed by atoms with Gasteiger partial charge in [0.05, 0.1) is 11.7 Å². The minimum absolute atomic E-state index is 0.0217. The smallest absolute Gasteiger partial charge is 0.258 e. The van der Waals surface area contributed by atoms with Crippen molar-refractivity contribution in [2.24, 2.45) is 5.92 Å². The van der Waals surface area contributed by atoms with Crippen molar-refractivity contribution in [3.8, 4) is 34.7 Å². The average molecular weight is 443 g/mol. The number of hydrogen-bond donors (Lipinski definition) is 0. The zero-order valence-corrected chi connectivity index (χ0v) is 19.0. The standard InChI is InChI=1S/C26H26N4O3/c1-15(2)32-24-10-7-17(11-18(24)12-27)26-28-25(29-33-26)22-6-4-5-21-20(22)8-9-23(21)30-13-19(14-30)16(3)31/h4-7,10-11,15,19,23H,8-9,13-14H2,1-3H3/t23-/m1/s1. The second-order valence-electron chi connectivity index (χ2n) is 9.10. The number of rotatable bonds is 6. The van der Waals surface area contributed by atoms with Crippen LogP contribution >= 0.6 is 0 Å². The summed E-state index contributed by atoms with van der Waals surface area (Å²) in [6, 6.07) is 14.1. The second-order valence-corrected chi connectivity index (χ2v) is 9.10. The molecular formula is C26H26N4O3. The molecule has 0 amide bonds. The topological polar surface area (TPSA) is 92.3 Å². The molecule has 0 bridgehead atoms. The summed E-state index contributed by atoms with van der Waals surface area (Å²) in [5.41, 5.74) is 4.64. The lowest BCUT2D eigenvalue weighted by molar-refractivity contribution is -0.126. The highest BCUT2D eigenvalue weighted by atomic mass is 16.5. The number of Topliss-reactive ketones (excluding diaryl/α,β-unsaturated/α-hetero) is 1. The predicted molar refractivity (Wildman–Crippen MR) is 122 cm³/mol. The normalized spacial score (nSPS) is 18.1. The zero-order valence-electron chi connectivity index (χ0n) is 19.0. The van der Waals surface area contributed by atoms with Gasteiger partial charge < -0.3 is 9.26 Å². The van der Waals surface area contributed by atoms with E-state index in [-0.39, 0.29) is 17.8 Å². The number of fused-ring (bicyclic) bond motifs is 1. The van der Waals surface area contributed by atoms with Crippen molar-refractivity contribution < 1.29 is 14.1 Å². The van der Waals surface area contributed by atoms with E-state index in [0.29, 0.717) is 34.6 Å². The van der Waals surface area contributed by atoms with E-state index in [1.165, 1.54) is 11.1 Å². The van der Waals surface area contributed by atoms with E-state index in [2.05, 4.69) is 27.2 Å². The van der Waals surface area contributed by atoms with Gasteiger partial charge in [-0.25, -0.2) is 0 Å². The van der Waals surface area contributed by atoms with Crippen LogP contribution in [0.1, 0.15) is 49.9 Å². The number of hydrogen-bond acceptors (Lipinski definition) is 7. The highest BCUT2D eigenvalue weighted by molar-refractivity contribution is 5.79. The van der Waals surface area contributed by atoms with Crippen molar-refractivity contribution >= 4 is 5.78 Å². The summed E-state index contributed by atoms with van der Waals surface area (Å²) in [7, 11) is 0. The monoisotopic (exact) mass is 442 g/mol. The third-order valence-corrected chi connectivity index (χ3v) is 6.54. The van der Waals surface area contributed by atoms with E-state index >= 15 is 0 Å². The number of nitriles is 1. The molecule has 0 N–H and O–H groups in total. The average Bonchev–Trinajstić information content (AvgIpc) is 3.40. The summed E-state index contributed by atoms with van der Waals surface area (Å²) in [6.45, 7) is 7.21. The first-order valence-electron chi connectivity index (χ1n) is 11.4. The van der Waals surface area contributed by atoms with Gasteiger partial charge in [-0.2, -0.15) is 10.2 Å². The quantitative estimate of drug-likeness (QED) is 0.552. The Morgan fingerprint density at radius 1 is 1.27 bits per heavy atom. The summed E-state index contributed by atoms with van der Waals surface area (Å²) in [5.74, 6) is 1.92. The molecule has 33 heavy (non-hydrogen) atoms. The van der Waals surface area contributed by atoms with Crippen LogP contribution in [0.15, 0.2) is 40.9 Å². The van der Waals surface area contributed by atoms with E-state index in [4.69, 9.17) is 9.26 Å². The van der Waals surface area contributed by atoms with Crippen LogP contribution in [0.25, 0.3) is 22.8 Å². The first-order chi connectivity index (χ1) is 15.9. The summed E-state index contributed by atoms with van der Waals surface area (Å²) < 4.78 is 11.3. The van der Waals surface area contributed by atoms with Crippen molar-refractivity contribution in [1.82, 2.24) is 15.0 Å². The number of likely N-dealkylation sites (tertiary alicyclic amines) is 1. The molecule has 7 heteroatoms. The van der Waals surface area contributed by atoms with Crippen LogP contribution in [0.5, 0.6) is 5.75 Å². The Balaban J connectivity index is 1.41. The van der Waals surface area contributed by atoms with E-state index in [1.807, 2.05) is 32.0 Å². The molecule has 2 heterocycles. The Hall–Kier alpha value is -3.50. The summed E-state index contributed by atoms with van der Waals surface area (Å²) >= 11 is 0. The van der Waals surface area contributed by atoms with Crippen LogP contribution in [0.3, 0.4) is 0 Å². The van der Waals surface area contributed by atoms with E-state index < -0.39 is 0 Å². The summed E-state index contributed by atoms with van der Waals surface area (Å²) in [4.78, 5) is 18.7. The molecule has 0 saturated carbocycles. The van der Waals surface area contributed by atoms with Crippen LogP contribution in [-0.4, -0.2) is 40.0 Å². The number of nitrogens with zero attached hydrogens (tertiary/aromatic N) is 4. The van der Waals surface area contributed by atoms with Gasteiger partial charge in [0, 0.05) is 36.2 Å².